The van der Waals surface area contributed by atoms with Crippen molar-refractivity contribution in [2.75, 3.05) is 51.7 Å². The van der Waals surface area contributed by atoms with Crippen LogP contribution in [0.2, 0.25) is 5.02 Å². The lowest BCUT2D eigenvalue weighted by atomic mass is 10.1. The van der Waals surface area contributed by atoms with E-state index in [0.717, 1.165) is 43.8 Å². The van der Waals surface area contributed by atoms with Crippen LogP contribution in [0.4, 0.5) is 5.69 Å². The van der Waals surface area contributed by atoms with Crippen molar-refractivity contribution in [3.8, 4) is 5.75 Å². The van der Waals surface area contributed by atoms with E-state index in [1.165, 1.54) is 0 Å². The number of nitrogens with zero attached hydrogens (tertiary/aromatic N) is 2. The molecule has 3 fully saturated rings. The van der Waals surface area contributed by atoms with Crippen molar-refractivity contribution in [1.82, 2.24) is 4.90 Å². The zero-order valence-electron chi connectivity index (χ0n) is 13.5. The molecule has 5 nitrogen and oxygen atoms in total. The van der Waals surface area contributed by atoms with E-state index in [2.05, 4.69) is 10.2 Å². The van der Waals surface area contributed by atoms with E-state index >= 15 is 0 Å². The summed E-state index contributed by atoms with van der Waals surface area (Å²) in [7, 11) is 1.59. The van der Waals surface area contributed by atoms with Gasteiger partial charge in [-0.05, 0) is 25.1 Å². The van der Waals surface area contributed by atoms with E-state index in [-0.39, 0.29) is 24.4 Å². The van der Waals surface area contributed by atoms with Gasteiger partial charge in [0.25, 0.3) is 5.91 Å². The van der Waals surface area contributed by atoms with Gasteiger partial charge >= 0.3 is 0 Å². The molecule has 1 N–H and O–H groups in total. The SMILES string of the molecule is COc1ccc(Cl)cc1NC(=O)C(C)[N+]12CCN(CC1)CC2.[Cl-]. The number of amides is 1. The third-order valence-corrected chi connectivity index (χ3v) is 5.44. The monoisotopic (exact) mass is 359 g/mol. The summed E-state index contributed by atoms with van der Waals surface area (Å²) in [6, 6.07) is 5.20. The Labute approximate surface area is 148 Å². The third-order valence-electron chi connectivity index (χ3n) is 5.21. The Kier molecular flexibility index (Phi) is 5.79. The Morgan fingerprint density at radius 2 is 1.91 bits per heavy atom. The Balaban J connectivity index is 0.00000192. The maximum atomic E-state index is 12.7. The highest BCUT2D eigenvalue weighted by molar-refractivity contribution is 6.31. The molecule has 1 atom stereocenters. The van der Waals surface area contributed by atoms with Gasteiger partial charge in [0.2, 0.25) is 0 Å². The van der Waals surface area contributed by atoms with Gasteiger partial charge < -0.3 is 26.9 Å². The van der Waals surface area contributed by atoms with Gasteiger partial charge in [0.05, 0.1) is 32.4 Å². The Hall–Kier alpha value is -1.01. The molecule has 1 aromatic rings. The topological polar surface area (TPSA) is 41.6 Å². The number of piperazine rings is 3. The minimum absolute atomic E-state index is 0. The lowest BCUT2D eigenvalue weighted by molar-refractivity contribution is -0.953. The largest absolute Gasteiger partial charge is 1.00 e. The van der Waals surface area contributed by atoms with Crippen molar-refractivity contribution in [2.24, 2.45) is 0 Å². The summed E-state index contributed by atoms with van der Waals surface area (Å²) in [5.74, 6) is 0.671. The minimum atomic E-state index is -0.0638. The number of hydrogen-bond donors (Lipinski definition) is 1. The average molecular weight is 360 g/mol. The molecule has 7 heteroatoms. The summed E-state index contributed by atoms with van der Waals surface area (Å²) in [6.45, 7) is 8.49. The lowest BCUT2D eigenvalue weighted by Gasteiger charge is -2.52. The van der Waals surface area contributed by atoms with Gasteiger partial charge in [-0.15, -0.1) is 0 Å². The van der Waals surface area contributed by atoms with Crippen molar-refractivity contribution in [1.29, 1.82) is 0 Å². The van der Waals surface area contributed by atoms with Gasteiger partial charge in [0.1, 0.15) is 5.75 Å². The highest BCUT2D eigenvalue weighted by Crippen LogP contribution is 2.29. The first kappa shape index (κ1) is 18.3. The number of ether oxygens (including phenoxy) is 1. The number of fused-ring (bicyclic) bond motifs is 3. The Bertz CT molecular complexity index is 561. The third kappa shape index (κ3) is 3.58. The highest BCUT2D eigenvalue weighted by atomic mass is 35.5. The van der Waals surface area contributed by atoms with Crippen LogP contribution < -0.4 is 22.5 Å². The van der Waals surface area contributed by atoms with E-state index in [4.69, 9.17) is 16.3 Å². The molecule has 3 saturated heterocycles. The molecule has 0 saturated carbocycles. The van der Waals surface area contributed by atoms with Gasteiger partial charge in [0, 0.05) is 24.7 Å². The smallest absolute Gasteiger partial charge is 0.282 e. The van der Waals surface area contributed by atoms with Crippen LogP contribution in [0.3, 0.4) is 0 Å². The molecule has 128 valence electrons. The Morgan fingerprint density at radius 1 is 1.30 bits per heavy atom. The molecule has 0 spiro atoms. The molecule has 3 aliphatic rings. The Morgan fingerprint density at radius 3 is 2.48 bits per heavy atom. The molecular weight excluding hydrogens is 337 g/mol. The predicted octanol–water partition coefficient (Wildman–Crippen LogP) is -1.17. The van der Waals surface area contributed by atoms with Crippen molar-refractivity contribution in [3.63, 3.8) is 0 Å². The second kappa shape index (κ2) is 7.26. The number of methoxy groups -OCH3 is 1. The first-order valence-corrected chi connectivity index (χ1v) is 8.14. The number of benzene rings is 1. The number of halogens is 2. The minimum Gasteiger partial charge on any atom is -1.00 e. The molecule has 4 rings (SSSR count). The number of carbonyl (C=O) groups excluding carboxylic acids is 1. The number of nitrogens with one attached hydrogen (secondary N) is 1. The fourth-order valence-corrected chi connectivity index (χ4v) is 3.71. The van der Waals surface area contributed by atoms with Crippen LogP contribution in [-0.2, 0) is 4.79 Å². The van der Waals surface area contributed by atoms with Crippen LogP contribution in [0.5, 0.6) is 5.75 Å². The normalized spacial score (nSPS) is 27.0. The molecule has 0 aromatic heterocycles. The van der Waals surface area contributed by atoms with Gasteiger partial charge in [-0.25, -0.2) is 0 Å². The first-order valence-electron chi connectivity index (χ1n) is 7.77. The quantitative estimate of drug-likeness (QED) is 0.688. The second-order valence-electron chi connectivity index (χ2n) is 6.24. The number of quaternary nitrogens is 1. The van der Waals surface area contributed by atoms with Crippen LogP contribution in [0.1, 0.15) is 6.92 Å². The molecule has 23 heavy (non-hydrogen) atoms. The number of anilines is 1. The van der Waals surface area contributed by atoms with Crippen molar-refractivity contribution < 1.29 is 26.4 Å². The highest BCUT2D eigenvalue weighted by Gasteiger charge is 2.45. The molecule has 3 aliphatic heterocycles. The molecule has 1 unspecified atom stereocenters. The van der Waals surface area contributed by atoms with Crippen molar-refractivity contribution in [3.05, 3.63) is 23.2 Å². The average Bonchev–Trinajstić information content (AvgIpc) is 2.56. The molecule has 1 aromatic carbocycles. The summed E-state index contributed by atoms with van der Waals surface area (Å²) in [4.78, 5) is 15.2. The van der Waals surface area contributed by atoms with Gasteiger partial charge in [0.15, 0.2) is 6.04 Å². The summed E-state index contributed by atoms with van der Waals surface area (Å²) in [5, 5.41) is 3.58. The van der Waals surface area contributed by atoms with Gasteiger partial charge in [-0.2, -0.15) is 0 Å². The van der Waals surface area contributed by atoms with E-state index in [0.29, 0.717) is 16.5 Å². The number of hydrogen-bond acceptors (Lipinski definition) is 3. The van der Waals surface area contributed by atoms with Crippen molar-refractivity contribution in [2.45, 2.75) is 13.0 Å². The second-order valence-corrected chi connectivity index (χ2v) is 6.68. The van der Waals surface area contributed by atoms with Crippen molar-refractivity contribution >= 4 is 23.2 Å². The van der Waals surface area contributed by atoms with E-state index in [1.54, 1.807) is 25.3 Å². The van der Waals surface area contributed by atoms with Gasteiger partial charge in [-0.1, -0.05) is 11.6 Å². The van der Waals surface area contributed by atoms with Crippen LogP contribution in [0.25, 0.3) is 0 Å². The summed E-state index contributed by atoms with van der Waals surface area (Å²) in [6.07, 6.45) is 0. The fraction of sp³-hybridized carbons (Fsp3) is 0.562. The number of rotatable bonds is 4. The molecular formula is C16H23Cl2N3O2. The van der Waals surface area contributed by atoms with Gasteiger partial charge in [-0.3, -0.25) is 9.69 Å². The van der Waals surface area contributed by atoms with E-state index < -0.39 is 0 Å². The lowest BCUT2D eigenvalue weighted by Crippen LogP contribution is -3.00. The zero-order valence-corrected chi connectivity index (χ0v) is 15.0. The molecule has 2 bridgehead atoms. The molecule has 0 radical (unpaired) electrons. The predicted molar refractivity (Wildman–Crippen MR) is 87.4 cm³/mol. The van der Waals surface area contributed by atoms with Crippen LogP contribution in [0, 0.1) is 0 Å². The number of carbonyl (C=O) groups is 1. The molecule has 3 heterocycles. The fourth-order valence-electron chi connectivity index (χ4n) is 3.54. The standard InChI is InChI=1S/C16H22ClN3O2.ClH/c1-12(20-8-5-19(6-9-20)7-10-20)16(21)18-14-11-13(17)3-4-15(14)22-2;/h3-4,11-12H,5-10H2,1-2H3;1H. The van der Waals surface area contributed by atoms with E-state index in [9.17, 15) is 4.79 Å². The maximum absolute atomic E-state index is 12.7. The molecule has 0 aliphatic carbocycles. The van der Waals surface area contributed by atoms with Crippen LogP contribution in [-0.4, -0.2) is 67.7 Å². The summed E-state index contributed by atoms with van der Waals surface area (Å²) < 4.78 is 6.19. The van der Waals surface area contributed by atoms with Crippen LogP contribution in [0.15, 0.2) is 18.2 Å². The summed E-state index contributed by atoms with van der Waals surface area (Å²) >= 11 is 6.03. The maximum Gasteiger partial charge on any atom is 0.282 e. The van der Waals surface area contributed by atoms with Crippen LogP contribution >= 0.6 is 11.6 Å². The zero-order chi connectivity index (χ0) is 15.7. The first-order chi connectivity index (χ1) is 10.5. The molecule has 1 amide bonds. The summed E-state index contributed by atoms with van der Waals surface area (Å²) in [5.41, 5.74) is 0.640. The van der Waals surface area contributed by atoms with E-state index in [1.807, 2.05) is 6.92 Å².